The third kappa shape index (κ3) is 1.68. The molecule has 1 aromatic carbocycles. The molecule has 2 heteroatoms. The maximum atomic E-state index is 10.1. The zero-order valence-electron chi connectivity index (χ0n) is 8.53. The van der Waals surface area contributed by atoms with Gasteiger partial charge in [-0.15, -0.1) is 0 Å². The highest BCUT2D eigenvalue weighted by molar-refractivity contribution is 5.31. The molecular formula is C12H17NO. The van der Waals surface area contributed by atoms with Gasteiger partial charge in [-0.3, -0.25) is 0 Å². The normalized spacial score (nSPS) is 26.7. The zero-order valence-corrected chi connectivity index (χ0v) is 8.53. The number of fused-ring (bicyclic) bond motifs is 1. The Hall–Kier alpha value is -0.860. The van der Waals surface area contributed by atoms with E-state index in [2.05, 4.69) is 11.4 Å². The minimum Gasteiger partial charge on any atom is -0.387 e. The van der Waals surface area contributed by atoms with E-state index in [9.17, 15) is 5.11 Å². The first-order valence-corrected chi connectivity index (χ1v) is 5.26. The van der Waals surface area contributed by atoms with Gasteiger partial charge in [0.05, 0.1) is 6.10 Å². The van der Waals surface area contributed by atoms with Gasteiger partial charge in [-0.25, -0.2) is 0 Å². The van der Waals surface area contributed by atoms with E-state index in [1.165, 1.54) is 5.56 Å². The summed E-state index contributed by atoms with van der Waals surface area (Å²) in [6.07, 6.45) is 2.94. The number of aliphatic hydroxyl groups is 1. The van der Waals surface area contributed by atoms with Crippen LogP contribution in [0.1, 0.15) is 30.1 Å². The predicted molar refractivity (Wildman–Crippen MR) is 57.2 cm³/mol. The van der Waals surface area contributed by atoms with Crippen LogP contribution in [0.25, 0.3) is 0 Å². The van der Waals surface area contributed by atoms with Gasteiger partial charge in [-0.1, -0.05) is 24.3 Å². The molecule has 2 rings (SSSR count). The molecule has 1 aliphatic carbocycles. The summed E-state index contributed by atoms with van der Waals surface area (Å²) in [5, 5.41) is 13.3. The van der Waals surface area contributed by atoms with Gasteiger partial charge >= 0.3 is 0 Å². The van der Waals surface area contributed by atoms with Crippen LogP contribution < -0.4 is 5.32 Å². The Morgan fingerprint density at radius 3 is 2.93 bits per heavy atom. The fraction of sp³-hybridized carbons (Fsp3) is 0.500. The van der Waals surface area contributed by atoms with Crippen molar-refractivity contribution in [2.75, 3.05) is 7.05 Å². The SMILES string of the molecule is CNC1CCCc2ccccc2C1O. The van der Waals surface area contributed by atoms with E-state index in [0.29, 0.717) is 0 Å². The standard InChI is InChI=1S/C12H17NO/c1-13-11-8-4-6-9-5-2-3-7-10(9)12(11)14/h2-3,5,7,11-14H,4,6,8H2,1H3. The second-order valence-electron chi connectivity index (χ2n) is 3.93. The molecule has 0 aromatic heterocycles. The number of likely N-dealkylation sites (N-methyl/N-ethyl adjacent to an activating group) is 1. The van der Waals surface area contributed by atoms with E-state index in [4.69, 9.17) is 0 Å². The molecule has 76 valence electrons. The molecule has 0 saturated heterocycles. The summed E-state index contributed by atoms with van der Waals surface area (Å²) in [6, 6.07) is 8.41. The Bertz CT molecular complexity index is 311. The molecular weight excluding hydrogens is 174 g/mol. The maximum Gasteiger partial charge on any atom is 0.0945 e. The first-order chi connectivity index (χ1) is 6.83. The lowest BCUT2D eigenvalue weighted by Crippen LogP contribution is -2.31. The summed E-state index contributed by atoms with van der Waals surface area (Å²) in [5.74, 6) is 0. The molecule has 1 aromatic rings. The minimum absolute atomic E-state index is 0.207. The van der Waals surface area contributed by atoms with Gasteiger partial charge in [0.15, 0.2) is 0 Å². The van der Waals surface area contributed by atoms with Crippen LogP contribution in [0.15, 0.2) is 24.3 Å². The van der Waals surface area contributed by atoms with Gasteiger partial charge < -0.3 is 10.4 Å². The number of rotatable bonds is 1. The lowest BCUT2D eigenvalue weighted by atomic mass is 9.99. The van der Waals surface area contributed by atoms with Gasteiger partial charge in [-0.2, -0.15) is 0 Å². The molecule has 1 aliphatic rings. The third-order valence-corrected chi connectivity index (χ3v) is 3.09. The van der Waals surface area contributed by atoms with Crippen molar-refractivity contribution in [1.82, 2.24) is 5.32 Å². The van der Waals surface area contributed by atoms with Crippen molar-refractivity contribution in [2.24, 2.45) is 0 Å². The lowest BCUT2D eigenvalue weighted by Gasteiger charge is -2.20. The van der Waals surface area contributed by atoms with Gasteiger partial charge in [-0.05, 0) is 37.4 Å². The molecule has 0 fully saturated rings. The van der Waals surface area contributed by atoms with Crippen molar-refractivity contribution >= 4 is 0 Å². The Morgan fingerprint density at radius 1 is 1.36 bits per heavy atom. The van der Waals surface area contributed by atoms with Crippen molar-refractivity contribution in [2.45, 2.75) is 31.4 Å². The second kappa shape index (κ2) is 4.11. The molecule has 2 atom stereocenters. The summed E-state index contributed by atoms with van der Waals surface area (Å²) < 4.78 is 0. The Kier molecular flexibility index (Phi) is 2.85. The molecule has 14 heavy (non-hydrogen) atoms. The van der Waals surface area contributed by atoms with Crippen LogP contribution in [0, 0.1) is 0 Å². The molecule has 0 heterocycles. The topological polar surface area (TPSA) is 32.3 Å². The molecule has 2 unspecified atom stereocenters. The largest absolute Gasteiger partial charge is 0.387 e. The molecule has 2 N–H and O–H groups in total. The van der Waals surface area contributed by atoms with Crippen LogP contribution in [0.3, 0.4) is 0 Å². The van der Waals surface area contributed by atoms with E-state index in [-0.39, 0.29) is 12.1 Å². The fourth-order valence-corrected chi connectivity index (χ4v) is 2.24. The number of aliphatic hydroxyl groups excluding tert-OH is 1. The van der Waals surface area contributed by atoms with Crippen LogP contribution in [-0.2, 0) is 6.42 Å². The quantitative estimate of drug-likeness (QED) is 0.661. The second-order valence-corrected chi connectivity index (χ2v) is 3.93. The highest BCUT2D eigenvalue weighted by Crippen LogP contribution is 2.28. The summed E-state index contributed by atoms with van der Waals surface area (Å²) in [6.45, 7) is 0. The van der Waals surface area contributed by atoms with Crippen molar-refractivity contribution in [3.05, 3.63) is 35.4 Å². The first kappa shape index (κ1) is 9.69. The molecule has 0 bridgehead atoms. The lowest BCUT2D eigenvalue weighted by molar-refractivity contribution is 0.130. The molecule has 0 aliphatic heterocycles. The highest BCUT2D eigenvalue weighted by Gasteiger charge is 2.23. The third-order valence-electron chi connectivity index (χ3n) is 3.09. The van der Waals surface area contributed by atoms with E-state index < -0.39 is 0 Å². The average Bonchev–Trinajstić information content (AvgIpc) is 2.39. The number of hydrogen-bond acceptors (Lipinski definition) is 2. The Morgan fingerprint density at radius 2 is 2.14 bits per heavy atom. The minimum atomic E-state index is -0.348. The number of benzene rings is 1. The smallest absolute Gasteiger partial charge is 0.0945 e. The molecule has 0 amide bonds. The van der Waals surface area contributed by atoms with Crippen molar-refractivity contribution < 1.29 is 5.11 Å². The number of nitrogens with one attached hydrogen (secondary N) is 1. The van der Waals surface area contributed by atoms with Gasteiger partial charge in [0.25, 0.3) is 0 Å². The van der Waals surface area contributed by atoms with Crippen LogP contribution in [0.4, 0.5) is 0 Å². The first-order valence-electron chi connectivity index (χ1n) is 5.26. The summed E-state index contributed by atoms with van der Waals surface area (Å²) in [7, 11) is 1.92. The zero-order chi connectivity index (χ0) is 9.97. The predicted octanol–water partition coefficient (Wildman–Crippen LogP) is 1.64. The maximum absolute atomic E-state index is 10.1. The van der Waals surface area contributed by atoms with Crippen LogP contribution in [-0.4, -0.2) is 18.2 Å². The molecule has 0 radical (unpaired) electrons. The van der Waals surface area contributed by atoms with Crippen LogP contribution >= 0.6 is 0 Å². The van der Waals surface area contributed by atoms with Crippen molar-refractivity contribution in [1.29, 1.82) is 0 Å². The fourth-order valence-electron chi connectivity index (χ4n) is 2.24. The van der Waals surface area contributed by atoms with Crippen LogP contribution in [0.5, 0.6) is 0 Å². The highest BCUT2D eigenvalue weighted by atomic mass is 16.3. The van der Waals surface area contributed by atoms with Gasteiger partial charge in [0, 0.05) is 6.04 Å². The number of aryl methyl sites for hydroxylation is 1. The van der Waals surface area contributed by atoms with E-state index in [1.54, 1.807) is 0 Å². The van der Waals surface area contributed by atoms with Crippen LogP contribution in [0.2, 0.25) is 0 Å². The van der Waals surface area contributed by atoms with Gasteiger partial charge in [0.1, 0.15) is 0 Å². The van der Waals surface area contributed by atoms with E-state index in [0.717, 1.165) is 24.8 Å². The molecule has 2 nitrogen and oxygen atoms in total. The van der Waals surface area contributed by atoms with E-state index in [1.807, 2.05) is 25.2 Å². The summed E-state index contributed by atoms with van der Waals surface area (Å²) in [4.78, 5) is 0. The monoisotopic (exact) mass is 191 g/mol. The Balaban J connectivity index is 2.34. The van der Waals surface area contributed by atoms with E-state index >= 15 is 0 Å². The van der Waals surface area contributed by atoms with Gasteiger partial charge in [0.2, 0.25) is 0 Å². The molecule has 0 saturated carbocycles. The van der Waals surface area contributed by atoms with Crippen molar-refractivity contribution in [3.63, 3.8) is 0 Å². The van der Waals surface area contributed by atoms with Crippen molar-refractivity contribution in [3.8, 4) is 0 Å². The number of hydrogen-bond donors (Lipinski definition) is 2. The summed E-state index contributed by atoms with van der Waals surface area (Å²) >= 11 is 0. The average molecular weight is 191 g/mol. The summed E-state index contributed by atoms with van der Waals surface area (Å²) in [5.41, 5.74) is 2.40. The Labute approximate surface area is 85.0 Å². The molecule has 0 spiro atoms.